The topological polar surface area (TPSA) is 84.1 Å². The van der Waals surface area contributed by atoms with Crippen LogP contribution < -0.4 is 16.0 Å². The summed E-state index contributed by atoms with van der Waals surface area (Å²) in [6, 6.07) is 1.87. The second-order valence-corrected chi connectivity index (χ2v) is 6.86. The number of carbonyl (C=O) groups excluding carboxylic acids is 1. The fourth-order valence-electron chi connectivity index (χ4n) is 2.69. The third-order valence-corrected chi connectivity index (χ3v) is 4.85. The Morgan fingerprint density at radius 2 is 2.17 bits per heavy atom. The van der Waals surface area contributed by atoms with Gasteiger partial charge in [0, 0.05) is 30.9 Å². The van der Waals surface area contributed by atoms with Crippen LogP contribution in [0.15, 0.2) is 12.4 Å². The van der Waals surface area contributed by atoms with Crippen molar-refractivity contribution in [3.8, 4) is 0 Å². The number of halogens is 1. The molecule has 0 spiro atoms. The Kier molecular flexibility index (Phi) is 9.39. The van der Waals surface area contributed by atoms with Crippen molar-refractivity contribution < 1.29 is 4.79 Å². The van der Waals surface area contributed by atoms with Crippen molar-refractivity contribution in [3.63, 3.8) is 0 Å². The van der Waals surface area contributed by atoms with Gasteiger partial charge in [-0.2, -0.15) is 11.8 Å². The number of nitrogens with zero attached hydrogens (tertiary/aromatic N) is 3. The monoisotopic (exact) mass is 373 g/mol. The van der Waals surface area contributed by atoms with Gasteiger partial charge in [-0.3, -0.25) is 4.79 Å². The summed E-state index contributed by atoms with van der Waals surface area (Å²) in [5, 5.41) is 3.09. The van der Waals surface area contributed by atoms with Gasteiger partial charge in [0.05, 0.1) is 6.04 Å². The first-order valence-electron chi connectivity index (χ1n) is 8.24. The number of piperidine rings is 1. The molecule has 2 rings (SSSR count). The SMILES string of the molecule is CCc1cc(N2CCC(NC(=O)[C@@H](N)CCSC)CC2)ncn1.Cl. The lowest BCUT2D eigenvalue weighted by atomic mass is 10.0. The van der Waals surface area contributed by atoms with Gasteiger partial charge in [-0.15, -0.1) is 12.4 Å². The third-order valence-electron chi connectivity index (χ3n) is 4.21. The van der Waals surface area contributed by atoms with Crippen molar-refractivity contribution >= 4 is 35.9 Å². The highest BCUT2D eigenvalue weighted by Gasteiger charge is 2.23. The summed E-state index contributed by atoms with van der Waals surface area (Å²) in [7, 11) is 0. The van der Waals surface area contributed by atoms with E-state index >= 15 is 0 Å². The predicted octanol–water partition coefficient (Wildman–Crippen LogP) is 1.63. The molecule has 0 radical (unpaired) electrons. The molecule has 1 amide bonds. The Labute approximate surface area is 154 Å². The van der Waals surface area contributed by atoms with Crippen LogP contribution in [-0.4, -0.2) is 53.1 Å². The molecule has 2 heterocycles. The van der Waals surface area contributed by atoms with E-state index < -0.39 is 6.04 Å². The van der Waals surface area contributed by atoms with Gasteiger partial charge < -0.3 is 16.0 Å². The van der Waals surface area contributed by atoms with E-state index in [1.807, 2.05) is 6.26 Å². The maximum Gasteiger partial charge on any atom is 0.237 e. The minimum Gasteiger partial charge on any atom is -0.356 e. The highest BCUT2D eigenvalue weighted by molar-refractivity contribution is 7.98. The lowest BCUT2D eigenvalue weighted by Crippen LogP contribution is -2.50. The van der Waals surface area contributed by atoms with Crippen molar-refractivity contribution in [3.05, 3.63) is 18.1 Å². The molecule has 0 bridgehead atoms. The molecule has 1 fully saturated rings. The molecule has 24 heavy (non-hydrogen) atoms. The number of thioether (sulfide) groups is 1. The molecule has 0 saturated carbocycles. The van der Waals surface area contributed by atoms with Crippen LogP contribution in [0, 0.1) is 0 Å². The smallest absolute Gasteiger partial charge is 0.237 e. The normalized spacial score (nSPS) is 16.4. The zero-order valence-corrected chi connectivity index (χ0v) is 16.0. The minimum atomic E-state index is -0.394. The number of anilines is 1. The highest BCUT2D eigenvalue weighted by Crippen LogP contribution is 2.18. The number of nitrogens with two attached hydrogens (primary N) is 1. The lowest BCUT2D eigenvalue weighted by Gasteiger charge is -2.33. The van der Waals surface area contributed by atoms with E-state index in [-0.39, 0.29) is 24.4 Å². The Morgan fingerprint density at radius 3 is 2.79 bits per heavy atom. The fraction of sp³-hybridized carbons (Fsp3) is 0.688. The molecule has 3 N–H and O–H groups in total. The lowest BCUT2D eigenvalue weighted by molar-refractivity contribution is -0.123. The van der Waals surface area contributed by atoms with Gasteiger partial charge in [0.15, 0.2) is 0 Å². The van der Waals surface area contributed by atoms with Crippen LogP contribution in [0.3, 0.4) is 0 Å². The van der Waals surface area contributed by atoms with Crippen molar-refractivity contribution in [2.24, 2.45) is 5.73 Å². The van der Waals surface area contributed by atoms with E-state index in [0.29, 0.717) is 0 Å². The van der Waals surface area contributed by atoms with E-state index in [1.165, 1.54) is 0 Å². The number of hydrogen-bond donors (Lipinski definition) is 2. The average Bonchev–Trinajstić information content (AvgIpc) is 2.60. The fourth-order valence-corrected chi connectivity index (χ4v) is 3.18. The molecule has 1 atom stereocenters. The Hall–Kier alpha value is -1.05. The maximum atomic E-state index is 12.1. The number of aryl methyl sites for hydroxylation is 1. The number of amides is 1. The van der Waals surface area contributed by atoms with Crippen LogP contribution in [0.5, 0.6) is 0 Å². The molecule has 1 aromatic heterocycles. The van der Waals surface area contributed by atoms with Crippen LogP contribution in [0.25, 0.3) is 0 Å². The Morgan fingerprint density at radius 1 is 1.46 bits per heavy atom. The molecule has 6 nitrogen and oxygen atoms in total. The summed E-state index contributed by atoms with van der Waals surface area (Å²) in [4.78, 5) is 22.9. The Bertz CT molecular complexity index is 511. The zero-order valence-electron chi connectivity index (χ0n) is 14.4. The molecular weight excluding hydrogens is 346 g/mol. The van der Waals surface area contributed by atoms with Crippen molar-refractivity contribution in [2.45, 2.75) is 44.7 Å². The minimum absolute atomic E-state index is 0. The van der Waals surface area contributed by atoms with E-state index in [0.717, 1.165) is 56.0 Å². The predicted molar refractivity (Wildman–Crippen MR) is 103 cm³/mol. The molecule has 8 heteroatoms. The molecule has 136 valence electrons. The van der Waals surface area contributed by atoms with Gasteiger partial charge >= 0.3 is 0 Å². The van der Waals surface area contributed by atoms with Crippen LogP contribution in [-0.2, 0) is 11.2 Å². The molecule has 1 aromatic rings. The van der Waals surface area contributed by atoms with E-state index in [2.05, 4.69) is 33.2 Å². The van der Waals surface area contributed by atoms with Crippen molar-refractivity contribution in [2.75, 3.05) is 30.0 Å². The molecule has 0 aliphatic carbocycles. The van der Waals surface area contributed by atoms with Gasteiger partial charge in [-0.05, 0) is 37.7 Å². The number of aromatic nitrogens is 2. The summed E-state index contributed by atoms with van der Waals surface area (Å²) in [6.45, 7) is 3.88. The standard InChI is InChI=1S/C16H27N5OS.ClH/c1-3-12-10-15(19-11-18-12)21-7-4-13(5-8-21)20-16(22)14(17)6-9-23-2;/h10-11,13-14H,3-9,17H2,1-2H3,(H,20,22);1H/t14-;/m0./s1. The maximum absolute atomic E-state index is 12.1. The second-order valence-electron chi connectivity index (χ2n) is 5.88. The van der Waals surface area contributed by atoms with Crippen LogP contribution >= 0.6 is 24.2 Å². The first kappa shape index (κ1) is 21.0. The molecule has 1 aliphatic heterocycles. The van der Waals surface area contributed by atoms with Crippen molar-refractivity contribution in [1.82, 2.24) is 15.3 Å². The van der Waals surface area contributed by atoms with Crippen LogP contribution in [0.4, 0.5) is 5.82 Å². The largest absolute Gasteiger partial charge is 0.356 e. The average molecular weight is 374 g/mol. The summed E-state index contributed by atoms with van der Waals surface area (Å²) in [6.07, 6.45) is 7.14. The van der Waals surface area contributed by atoms with E-state index in [4.69, 9.17) is 5.73 Å². The zero-order chi connectivity index (χ0) is 16.7. The summed E-state index contributed by atoms with van der Waals surface area (Å²) in [5.74, 6) is 1.88. The van der Waals surface area contributed by atoms with Gasteiger partial charge in [0.2, 0.25) is 5.91 Å². The third kappa shape index (κ3) is 6.11. The second kappa shape index (κ2) is 10.7. The Balaban J connectivity index is 0.00000288. The van der Waals surface area contributed by atoms with Crippen LogP contribution in [0.2, 0.25) is 0 Å². The highest BCUT2D eigenvalue weighted by atomic mass is 35.5. The number of rotatable bonds is 7. The summed E-state index contributed by atoms with van der Waals surface area (Å²) < 4.78 is 0. The molecular formula is C16H28ClN5OS. The number of carbonyl (C=O) groups is 1. The molecule has 0 aromatic carbocycles. The van der Waals surface area contributed by atoms with E-state index in [1.54, 1.807) is 18.1 Å². The molecule has 1 aliphatic rings. The van der Waals surface area contributed by atoms with Crippen LogP contribution in [0.1, 0.15) is 31.9 Å². The first-order chi connectivity index (χ1) is 11.1. The van der Waals surface area contributed by atoms with Gasteiger partial charge in [-0.25, -0.2) is 9.97 Å². The number of hydrogen-bond acceptors (Lipinski definition) is 6. The van der Waals surface area contributed by atoms with E-state index in [9.17, 15) is 4.79 Å². The molecule has 1 saturated heterocycles. The summed E-state index contributed by atoms with van der Waals surface area (Å²) >= 11 is 1.72. The first-order valence-corrected chi connectivity index (χ1v) is 9.64. The van der Waals surface area contributed by atoms with Gasteiger partial charge in [-0.1, -0.05) is 6.92 Å². The van der Waals surface area contributed by atoms with Crippen molar-refractivity contribution in [1.29, 1.82) is 0 Å². The summed E-state index contributed by atoms with van der Waals surface area (Å²) in [5.41, 5.74) is 6.98. The van der Waals surface area contributed by atoms with Gasteiger partial charge in [0.1, 0.15) is 12.1 Å². The molecule has 0 unspecified atom stereocenters. The quantitative estimate of drug-likeness (QED) is 0.755. The number of nitrogens with one attached hydrogen (secondary N) is 1. The van der Waals surface area contributed by atoms with Gasteiger partial charge in [0.25, 0.3) is 0 Å².